The fourth-order valence-electron chi connectivity index (χ4n) is 2.48. The predicted octanol–water partition coefficient (Wildman–Crippen LogP) is 3.49. The van der Waals surface area contributed by atoms with E-state index in [1.54, 1.807) is 24.3 Å². The van der Waals surface area contributed by atoms with Crippen LogP contribution in [0.1, 0.15) is 5.76 Å². The molecular weight excluding hydrogens is 345 g/mol. The summed E-state index contributed by atoms with van der Waals surface area (Å²) in [7, 11) is 0. The summed E-state index contributed by atoms with van der Waals surface area (Å²) >= 11 is 0. The van der Waals surface area contributed by atoms with Crippen LogP contribution in [-0.4, -0.2) is 6.03 Å². The Hall–Kier alpha value is -2.99. The van der Waals surface area contributed by atoms with Gasteiger partial charge in [-0.3, -0.25) is 0 Å². The molecule has 1 aliphatic heterocycles. The maximum absolute atomic E-state index is 13.0. The second-order valence-electron chi connectivity index (χ2n) is 5.34. The van der Waals surface area contributed by atoms with Gasteiger partial charge in [0.2, 0.25) is 0 Å². The van der Waals surface area contributed by atoms with Gasteiger partial charge in [-0.05, 0) is 54.6 Å². The Balaban J connectivity index is 0.00000182. The van der Waals surface area contributed by atoms with Crippen molar-refractivity contribution in [3.8, 4) is 11.3 Å². The number of urea groups is 1. The molecule has 0 atom stereocenters. The van der Waals surface area contributed by atoms with Gasteiger partial charge in [0.1, 0.15) is 17.3 Å². The molecule has 5 nitrogen and oxygen atoms in total. The smallest absolute Gasteiger partial charge is 0.368 e. The van der Waals surface area contributed by atoms with E-state index in [4.69, 9.17) is 4.42 Å². The van der Waals surface area contributed by atoms with Gasteiger partial charge < -0.3 is 9.73 Å². The molecule has 0 bridgehead atoms. The van der Waals surface area contributed by atoms with E-state index in [0.717, 1.165) is 17.0 Å². The lowest BCUT2D eigenvalue weighted by Crippen LogP contribution is -2.21. The lowest BCUT2D eigenvalue weighted by Gasteiger charge is -2.03. The molecule has 7 heteroatoms. The van der Waals surface area contributed by atoms with Crippen molar-refractivity contribution in [1.29, 1.82) is 0 Å². The van der Waals surface area contributed by atoms with E-state index in [0.29, 0.717) is 23.0 Å². The van der Waals surface area contributed by atoms with E-state index >= 15 is 0 Å². The first-order valence-corrected chi connectivity index (χ1v) is 7.37. The van der Waals surface area contributed by atoms with Crippen LogP contribution in [-0.2, 0) is 6.54 Å². The van der Waals surface area contributed by atoms with E-state index < -0.39 is 6.03 Å². The number of rotatable bonds is 4. The summed E-state index contributed by atoms with van der Waals surface area (Å²) in [6.07, 6.45) is 0. The summed E-state index contributed by atoms with van der Waals surface area (Å²) in [6, 6.07) is 14.7. The van der Waals surface area contributed by atoms with Crippen molar-refractivity contribution in [3.05, 3.63) is 76.9 Å². The summed E-state index contributed by atoms with van der Waals surface area (Å²) < 4.78 is 18.7. The zero-order valence-corrected chi connectivity index (χ0v) is 13.7. The SMILES string of the molecule is Cl.O=C1N=c2ccc(NCc3ccc(-c4ccc(F)cc4)o3)cc2=N1. The van der Waals surface area contributed by atoms with E-state index in [-0.39, 0.29) is 18.2 Å². The summed E-state index contributed by atoms with van der Waals surface area (Å²) in [5.41, 5.74) is 1.64. The monoisotopic (exact) mass is 357 g/mol. The summed E-state index contributed by atoms with van der Waals surface area (Å²) in [5, 5.41) is 4.36. The highest BCUT2D eigenvalue weighted by molar-refractivity contribution is 5.85. The Morgan fingerprint density at radius 3 is 2.52 bits per heavy atom. The molecule has 126 valence electrons. The van der Waals surface area contributed by atoms with Crippen molar-refractivity contribution in [2.45, 2.75) is 6.54 Å². The highest BCUT2D eigenvalue weighted by Gasteiger charge is 2.07. The van der Waals surface area contributed by atoms with Gasteiger partial charge in [0.15, 0.2) is 0 Å². The maximum Gasteiger partial charge on any atom is 0.368 e. The molecule has 4 rings (SSSR count). The fraction of sp³-hybridized carbons (Fsp3) is 0.0556. The molecule has 0 saturated carbocycles. The number of anilines is 1. The number of nitrogens with zero attached hydrogens (tertiary/aromatic N) is 2. The van der Waals surface area contributed by atoms with E-state index in [1.165, 1.54) is 12.1 Å². The Labute approximate surface area is 148 Å². The minimum Gasteiger partial charge on any atom is -0.459 e. The van der Waals surface area contributed by atoms with Crippen molar-refractivity contribution in [1.82, 2.24) is 0 Å². The molecule has 3 aromatic rings. The molecule has 0 aliphatic carbocycles. The molecule has 0 radical (unpaired) electrons. The average Bonchev–Trinajstić information content (AvgIpc) is 3.18. The topological polar surface area (TPSA) is 67.0 Å². The van der Waals surface area contributed by atoms with Crippen molar-refractivity contribution in [2.75, 3.05) is 5.32 Å². The van der Waals surface area contributed by atoms with Crippen molar-refractivity contribution in [2.24, 2.45) is 9.98 Å². The minimum absolute atomic E-state index is 0. The Morgan fingerprint density at radius 2 is 1.72 bits per heavy atom. The van der Waals surface area contributed by atoms with Crippen LogP contribution in [0.2, 0.25) is 0 Å². The average molecular weight is 358 g/mol. The zero-order valence-electron chi connectivity index (χ0n) is 12.9. The third-order valence-electron chi connectivity index (χ3n) is 3.66. The van der Waals surface area contributed by atoms with Crippen molar-refractivity contribution in [3.63, 3.8) is 0 Å². The quantitative estimate of drug-likeness (QED) is 0.777. The van der Waals surface area contributed by atoms with Crippen LogP contribution >= 0.6 is 12.4 Å². The van der Waals surface area contributed by atoms with E-state index in [2.05, 4.69) is 15.3 Å². The molecular formula is C18H13ClFN3O2. The first-order valence-electron chi connectivity index (χ1n) is 7.37. The number of halogens is 2. The molecule has 0 spiro atoms. The van der Waals surface area contributed by atoms with Crippen LogP contribution in [0, 0.1) is 5.82 Å². The van der Waals surface area contributed by atoms with Crippen LogP contribution in [0.15, 0.2) is 69.0 Å². The predicted molar refractivity (Wildman–Crippen MR) is 92.8 cm³/mol. The number of hydrogen-bond acceptors (Lipinski definition) is 3. The number of nitrogens with one attached hydrogen (secondary N) is 1. The maximum atomic E-state index is 13.0. The summed E-state index contributed by atoms with van der Waals surface area (Å²) in [6.45, 7) is 0.477. The van der Waals surface area contributed by atoms with Gasteiger partial charge in [-0.15, -0.1) is 12.4 Å². The normalized spacial score (nSPS) is 12.0. The fourth-order valence-corrected chi connectivity index (χ4v) is 2.48. The number of benzene rings is 2. The van der Waals surface area contributed by atoms with Gasteiger partial charge in [-0.25, -0.2) is 9.18 Å². The Kier molecular flexibility index (Phi) is 4.63. The number of carbonyl (C=O) groups is 1. The van der Waals surface area contributed by atoms with Gasteiger partial charge >= 0.3 is 6.03 Å². The zero-order chi connectivity index (χ0) is 16.5. The van der Waals surface area contributed by atoms with Gasteiger partial charge in [-0.2, -0.15) is 9.98 Å². The molecule has 0 fully saturated rings. The first-order chi connectivity index (χ1) is 11.7. The van der Waals surface area contributed by atoms with E-state index in [9.17, 15) is 9.18 Å². The molecule has 1 N–H and O–H groups in total. The van der Waals surface area contributed by atoms with E-state index in [1.807, 2.05) is 18.2 Å². The van der Waals surface area contributed by atoms with Crippen LogP contribution < -0.4 is 16.0 Å². The van der Waals surface area contributed by atoms with Crippen LogP contribution in [0.25, 0.3) is 11.3 Å². The van der Waals surface area contributed by atoms with Crippen molar-refractivity contribution < 1.29 is 13.6 Å². The summed E-state index contributed by atoms with van der Waals surface area (Å²) in [5.74, 6) is 1.15. The third kappa shape index (κ3) is 3.59. The molecule has 1 aliphatic rings. The van der Waals surface area contributed by atoms with Gasteiger partial charge in [-0.1, -0.05) is 0 Å². The number of fused-ring (bicyclic) bond motifs is 1. The molecule has 0 saturated heterocycles. The molecule has 0 unspecified atom stereocenters. The Morgan fingerprint density at radius 1 is 0.960 bits per heavy atom. The highest BCUT2D eigenvalue weighted by atomic mass is 35.5. The standard InChI is InChI=1S/C18H12FN3O2.ClH/c19-12-3-1-11(2-4-12)17-8-6-14(24-17)10-20-13-5-7-15-16(9-13)22-18(23)21-15;/h1-9,20H,10H2;1H. The van der Waals surface area contributed by atoms with Crippen LogP contribution in [0.3, 0.4) is 0 Å². The van der Waals surface area contributed by atoms with Crippen LogP contribution in [0.4, 0.5) is 14.9 Å². The molecule has 1 aromatic heterocycles. The van der Waals surface area contributed by atoms with Gasteiger partial charge in [0.05, 0.1) is 17.3 Å². The number of carbonyl (C=O) groups excluding carboxylic acids is 1. The summed E-state index contributed by atoms with van der Waals surface area (Å²) in [4.78, 5) is 18.8. The van der Waals surface area contributed by atoms with Crippen molar-refractivity contribution >= 4 is 24.1 Å². The minimum atomic E-state index is -0.475. The molecule has 2 amide bonds. The van der Waals surface area contributed by atoms with Gasteiger partial charge in [0.25, 0.3) is 0 Å². The number of furan rings is 1. The largest absolute Gasteiger partial charge is 0.459 e. The van der Waals surface area contributed by atoms with Crippen LogP contribution in [0.5, 0.6) is 0 Å². The number of amides is 2. The van der Waals surface area contributed by atoms with Gasteiger partial charge in [0, 0.05) is 11.3 Å². The second-order valence-corrected chi connectivity index (χ2v) is 5.34. The Bertz CT molecular complexity index is 1040. The second kappa shape index (κ2) is 6.86. The lowest BCUT2D eigenvalue weighted by molar-refractivity contribution is 0.256. The number of hydrogen-bond donors (Lipinski definition) is 1. The third-order valence-corrected chi connectivity index (χ3v) is 3.66. The lowest BCUT2D eigenvalue weighted by atomic mass is 10.2. The molecule has 25 heavy (non-hydrogen) atoms. The highest BCUT2D eigenvalue weighted by Crippen LogP contribution is 2.22. The molecule has 2 heterocycles. The molecule has 2 aromatic carbocycles. The first kappa shape index (κ1) is 16.9.